The minimum Gasteiger partial charge on any atom is -0.466 e. The van der Waals surface area contributed by atoms with Gasteiger partial charge in [-0.2, -0.15) is 0 Å². The van der Waals surface area contributed by atoms with E-state index >= 15 is 0 Å². The average Bonchev–Trinajstić information content (AvgIpc) is 2.98. The zero-order valence-electron chi connectivity index (χ0n) is 14.5. The summed E-state index contributed by atoms with van der Waals surface area (Å²) < 4.78 is 16.6. The SMILES string of the molecule is CCCCCCCCCCC1(CCC(=O)OCC)OCCO1. The number of ether oxygens (including phenoxy) is 3. The van der Waals surface area contributed by atoms with Crippen molar-refractivity contribution >= 4 is 5.97 Å². The second kappa shape index (κ2) is 11.9. The van der Waals surface area contributed by atoms with E-state index in [1.807, 2.05) is 6.92 Å². The molecule has 1 aliphatic heterocycles. The van der Waals surface area contributed by atoms with Crippen LogP contribution >= 0.6 is 0 Å². The third kappa shape index (κ3) is 8.14. The normalized spacial score (nSPS) is 16.8. The fourth-order valence-electron chi connectivity index (χ4n) is 2.96. The van der Waals surface area contributed by atoms with Gasteiger partial charge >= 0.3 is 5.97 Å². The van der Waals surface area contributed by atoms with E-state index in [2.05, 4.69) is 6.92 Å². The monoisotopic (exact) mass is 314 g/mol. The molecule has 130 valence electrons. The van der Waals surface area contributed by atoms with Crippen molar-refractivity contribution in [1.29, 1.82) is 0 Å². The van der Waals surface area contributed by atoms with Crippen molar-refractivity contribution in [2.45, 2.75) is 90.3 Å². The first-order chi connectivity index (χ1) is 10.7. The lowest BCUT2D eigenvalue weighted by molar-refractivity contribution is -0.175. The zero-order valence-corrected chi connectivity index (χ0v) is 14.5. The van der Waals surface area contributed by atoms with Crippen LogP contribution in [-0.2, 0) is 19.0 Å². The summed E-state index contributed by atoms with van der Waals surface area (Å²) >= 11 is 0. The second-order valence-corrected chi connectivity index (χ2v) is 6.14. The Kier molecular flexibility index (Phi) is 10.5. The van der Waals surface area contributed by atoms with Crippen LogP contribution in [0.15, 0.2) is 0 Å². The van der Waals surface area contributed by atoms with Crippen LogP contribution in [0.1, 0.15) is 84.5 Å². The van der Waals surface area contributed by atoms with E-state index in [9.17, 15) is 4.79 Å². The molecule has 0 aromatic rings. The molecule has 4 nitrogen and oxygen atoms in total. The molecule has 1 heterocycles. The van der Waals surface area contributed by atoms with Gasteiger partial charge in [-0.3, -0.25) is 4.79 Å². The van der Waals surface area contributed by atoms with Crippen molar-refractivity contribution in [2.75, 3.05) is 19.8 Å². The van der Waals surface area contributed by atoms with Crippen LogP contribution in [0.4, 0.5) is 0 Å². The van der Waals surface area contributed by atoms with Gasteiger partial charge in [-0.25, -0.2) is 0 Å². The summed E-state index contributed by atoms with van der Waals surface area (Å²) in [5.74, 6) is -0.688. The molecule has 0 unspecified atom stereocenters. The maximum atomic E-state index is 11.5. The molecule has 0 aliphatic carbocycles. The molecule has 1 rings (SSSR count). The van der Waals surface area contributed by atoms with Gasteiger partial charge in [0.05, 0.1) is 26.2 Å². The van der Waals surface area contributed by atoms with Crippen LogP contribution in [-0.4, -0.2) is 31.6 Å². The van der Waals surface area contributed by atoms with Crippen molar-refractivity contribution in [3.05, 3.63) is 0 Å². The van der Waals surface area contributed by atoms with Gasteiger partial charge in [0.1, 0.15) is 0 Å². The Hall–Kier alpha value is -0.610. The first kappa shape index (κ1) is 19.4. The zero-order chi connectivity index (χ0) is 16.1. The molecule has 0 spiro atoms. The Labute approximate surface area is 135 Å². The van der Waals surface area contributed by atoms with E-state index in [4.69, 9.17) is 14.2 Å². The summed E-state index contributed by atoms with van der Waals surface area (Å²) in [4.78, 5) is 11.5. The molecule has 0 bridgehead atoms. The largest absolute Gasteiger partial charge is 0.466 e. The summed E-state index contributed by atoms with van der Waals surface area (Å²) in [6, 6.07) is 0. The standard InChI is InChI=1S/C18H34O4/c1-3-5-6-7-8-9-10-11-13-18(21-15-16-22-18)14-12-17(19)20-4-2/h3-16H2,1-2H3. The molecular weight excluding hydrogens is 280 g/mol. The maximum Gasteiger partial charge on any atom is 0.305 e. The van der Waals surface area contributed by atoms with Crippen LogP contribution < -0.4 is 0 Å². The van der Waals surface area contributed by atoms with E-state index in [0.717, 1.165) is 12.8 Å². The predicted molar refractivity (Wildman–Crippen MR) is 87.7 cm³/mol. The molecule has 0 radical (unpaired) electrons. The highest BCUT2D eigenvalue weighted by molar-refractivity contribution is 5.69. The van der Waals surface area contributed by atoms with Gasteiger partial charge in [-0.15, -0.1) is 0 Å². The highest BCUT2D eigenvalue weighted by Crippen LogP contribution is 2.31. The molecule has 0 amide bonds. The van der Waals surface area contributed by atoms with Gasteiger partial charge in [0.2, 0.25) is 0 Å². The number of carbonyl (C=O) groups excluding carboxylic acids is 1. The number of hydrogen-bond donors (Lipinski definition) is 0. The molecule has 0 saturated carbocycles. The van der Waals surface area contributed by atoms with E-state index in [-0.39, 0.29) is 5.97 Å². The number of rotatable bonds is 13. The molecule has 4 heteroatoms. The first-order valence-electron chi connectivity index (χ1n) is 9.16. The number of esters is 1. The Balaban J connectivity index is 2.14. The fraction of sp³-hybridized carbons (Fsp3) is 0.944. The quantitative estimate of drug-likeness (QED) is 0.368. The number of unbranched alkanes of at least 4 members (excludes halogenated alkanes) is 7. The second-order valence-electron chi connectivity index (χ2n) is 6.14. The predicted octanol–water partition coefficient (Wildman–Crippen LogP) is 4.60. The van der Waals surface area contributed by atoms with Crippen LogP contribution in [0.25, 0.3) is 0 Å². The molecule has 0 atom stereocenters. The van der Waals surface area contributed by atoms with Gasteiger partial charge in [-0.1, -0.05) is 51.9 Å². The average molecular weight is 314 g/mol. The maximum absolute atomic E-state index is 11.5. The van der Waals surface area contributed by atoms with Crippen molar-refractivity contribution in [2.24, 2.45) is 0 Å². The molecule has 22 heavy (non-hydrogen) atoms. The summed E-state index contributed by atoms with van der Waals surface area (Å²) in [6.45, 7) is 5.79. The number of hydrogen-bond acceptors (Lipinski definition) is 4. The van der Waals surface area contributed by atoms with E-state index in [1.165, 1.54) is 44.9 Å². The van der Waals surface area contributed by atoms with Crippen LogP contribution in [0, 0.1) is 0 Å². The molecular formula is C18H34O4. The molecule has 0 N–H and O–H groups in total. The molecule has 0 aromatic carbocycles. The van der Waals surface area contributed by atoms with Gasteiger partial charge in [0.25, 0.3) is 0 Å². The van der Waals surface area contributed by atoms with E-state index in [0.29, 0.717) is 32.7 Å². The van der Waals surface area contributed by atoms with Crippen LogP contribution in [0.3, 0.4) is 0 Å². The van der Waals surface area contributed by atoms with Crippen LogP contribution in [0.2, 0.25) is 0 Å². The van der Waals surface area contributed by atoms with Gasteiger partial charge in [0, 0.05) is 12.8 Å². The summed E-state index contributed by atoms with van der Waals surface area (Å²) in [7, 11) is 0. The lowest BCUT2D eigenvalue weighted by atomic mass is 10.0. The highest BCUT2D eigenvalue weighted by Gasteiger charge is 2.36. The topological polar surface area (TPSA) is 44.8 Å². The van der Waals surface area contributed by atoms with Crippen LogP contribution in [0.5, 0.6) is 0 Å². The Morgan fingerprint density at radius 3 is 2.09 bits per heavy atom. The summed E-state index contributed by atoms with van der Waals surface area (Å²) in [5, 5.41) is 0. The molecule has 0 aromatic heterocycles. The third-order valence-electron chi connectivity index (χ3n) is 4.24. The highest BCUT2D eigenvalue weighted by atomic mass is 16.7. The fourth-order valence-corrected chi connectivity index (χ4v) is 2.96. The Bertz CT molecular complexity index is 285. The minimum absolute atomic E-state index is 0.156. The van der Waals surface area contributed by atoms with E-state index in [1.54, 1.807) is 0 Å². The lowest BCUT2D eigenvalue weighted by Gasteiger charge is -2.27. The Morgan fingerprint density at radius 1 is 0.909 bits per heavy atom. The van der Waals surface area contributed by atoms with Crippen molar-refractivity contribution in [1.82, 2.24) is 0 Å². The summed E-state index contributed by atoms with van der Waals surface area (Å²) in [5.41, 5.74) is 0. The number of carbonyl (C=O) groups is 1. The molecule has 1 aliphatic rings. The lowest BCUT2D eigenvalue weighted by Crippen LogP contribution is -2.31. The third-order valence-corrected chi connectivity index (χ3v) is 4.24. The Morgan fingerprint density at radius 2 is 1.50 bits per heavy atom. The smallest absolute Gasteiger partial charge is 0.305 e. The van der Waals surface area contributed by atoms with E-state index < -0.39 is 5.79 Å². The minimum atomic E-state index is -0.533. The first-order valence-corrected chi connectivity index (χ1v) is 9.16. The van der Waals surface area contributed by atoms with Crippen molar-refractivity contribution < 1.29 is 19.0 Å². The molecule has 1 saturated heterocycles. The van der Waals surface area contributed by atoms with Gasteiger partial charge < -0.3 is 14.2 Å². The molecule has 1 fully saturated rings. The van der Waals surface area contributed by atoms with Gasteiger partial charge in [0.15, 0.2) is 5.79 Å². The summed E-state index contributed by atoms with van der Waals surface area (Å²) in [6.07, 6.45) is 12.2. The van der Waals surface area contributed by atoms with Crippen molar-refractivity contribution in [3.8, 4) is 0 Å². The van der Waals surface area contributed by atoms with Crippen molar-refractivity contribution in [3.63, 3.8) is 0 Å². The van der Waals surface area contributed by atoms with Gasteiger partial charge in [-0.05, 0) is 13.3 Å².